The number of benzene rings is 2. The van der Waals surface area contributed by atoms with Gasteiger partial charge in [-0.15, -0.1) is 11.8 Å². The zero-order valence-corrected chi connectivity index (χ0v) is 15.5. The largest absolute Gasteiger partial charge is 0.493 e. The van der Waals surface area contributed by atoms with Gasteiger partial charge in [-0.3, -0.25) is 4.79 Å². The van der Waals surface area contributed by atoms with Crippen LogP contribution in [-0.4, -0.2) is 36.3 Å². The molecule has 1 unspecified atom stereocenters. The van der Waals surface area contributed by atoms with E-state index in [1.54, 1.807) is 11.8 Å². The van der Waals surface area contributed by atoms with E-state index in [1.807, 2.05) is 47.4 Å². The minimum absolute atomic E-state index is 0.137. The number of rotatable bonds is 6. The van der Waals surface area contributed by atoms with Crippen LogP contribution in [0.3, 0.4) is 0 Å². The summed E-state index contributed by atoms with van der Waals surface area (Å²) in [5, 5.41) is 0. The molecule has 1 atom stereocenters. The van der Waals surface area contributed by atoms with Gasteiger partial charge in [-0.05, 0) is 55.2 Å². The SMILES string of the molecule is CC1CCCN(C(=O)c2ccc(OCCSc3ccccc3)cc2)C1. The maximum Gasteiger partial charge on any atom is 0.253 e. The fourth-order valence-corrected chi connectivity index (χ4v) is 3.84. The predicted molar refractivity (Wildman–Crippen MR) is 103 cm³/mol. The minimum atomic E-state index is 0.137. The Bertz CT molecular complexity index is 672. The number of piperidine rings is 1. The first-order valence-corrected chi connectivity index (χ1v) is 9.91. The van der Waals surface area contributed by atoms with Crippen LogP contribution in [0, 0.1) is 5.92 Å². The Morgan fingerprint density at radius 3 is 2.64 bits per heavy atom. The number of ether oxygens (including phenoxy) is 1. The van der Waals surface area contributed by atoms with Crippen LogP contribution in [0.25, 0.3) is 0 Å². The van der Waals surface area contributed by atoms with Crippen molar-refractivity contribution in [2.45, 2.75) is 24.7 Å². The highest BCUT2D eigenvalue weighted by atomic mass is 32.2. The molecule has 0 saturated carbocycles. The molecule has 0 aliphatic carbocycles. The Morgan fingerprint density at radius 2 is 1.92 bits per heavy atom. The number of carbonyl (C=O) groups excluding carboxylic acids is 1. The molecule has 0 spiro atoms. The minimum Gasteiger partial charge on any atom is -0.493 e. The number of likely N-dealkylation sites (tertiary alicyclic amines) is 1. The van der Waals surface area contributed by atoms with E-state index >= 15 is 0 Å². The van der Waals surface area contributed by atoms with Gasteiger partial charge in [0.1, 0.15) is 5.75 Å². The molecule has 4 heteroatoms. The summed E-state index contributed by atoms with van der Waals surface area (Å²) in [6, 6.07) is 17.9. The van der Waals surface area contributed by atoms with Gasteiger partial charge in [-0.25, -0.2) is 0 Å². The summed E-state index contributed by atoms with van der Waals surface area (Å²) in [5.74, 6) is 2.45. The molecule has 1 heterocycles. The van der Waals surface area contributed by atoms with Crippen molar-refractivity contribution in [3.8, 4) is 5.75 Å². The van der Waals surface area contributed by atoms with E-state index in [-0.39, 0.29) is 5.91 Å². The van der Waals surface area contributed by atoms with Crippen LogP contribution in [0.1, 0.15) is 30.1 Å². The van der Waals surface area contributed by atoms with Crippen molar-refractivity contribution in [2.75, 3.05) is 25.4 Å². The first-order chi connectivity index (χ1) is 12.2. The molecule has 25 heavy (non-hydrogen) atoms. The topological polar surface area (TPSA) is 29.5 Å². The third-order valence-corrected chi connectivity index (χ3v) is 5.39. The number of amides is 1. The molecule has 0 radical (unpaired) electrons. The van der Waals surface area contributed by atoms with Crippen LogP contribution >= 0.6 is 11.8 Å². The van der Waals surface area contributed by atoms with E-state index in [0.29, 0.717) is 12.5 Å². The van der Waals surface area contributed by atoms with E-state index in [0.717, 1.165) is 36.6 Å². The summed E-state index contributed by atoms with van der Waals surface area (Å²) in [4.78, 5) is 15.8. The van der Waals surface area contributed by atoms with Gasteiger partial charge in [0.15, 0.2) is 0 Å². The van der Waals surface area contributed by atoms with Crippen LogP contribution in [0.4, 0.5) is 0 Å². The molecule has 1 amide bonds. The summed E-state index contributed by atoms with van der Waals surface area (Å²) in [6.45, 7) is 4.60. The highest BCUT2D eigenvalue weighted by molar-refractivity contribution is 7.99. The number of nitrogens with zero attached hydrogens (tertiary/aromatic N) is 1. The van der Waals surface area contributed by atoms with Gasteiger partial charge in [0, 0.05) is 29.3 Å². The molecule has 1 saturated heterocycles. The van der Waals surface area contributed by atoms with Gasteiger partial charge in [0.25, 0.3) is 5.91 Å². The van der Waals surface area contributed by atoms with E-state index in [4.69, 9.17) is 4.74 Å². The molecule has 3 rings (SSSR count). The summed E-state index contributed by atoms with van der Waals surface area (Å²) < 4.78 is 5.78. The third-order valence-electron chi connectivity index (χ3n) is 4.41. The molecule has 1 aliphatic rings. The molecule has 2 aromatic carbocycles. The van der Waals surface area contributed by atoms with Gasteiger partial charge in [-0.2, -0.15) is 0 Å². The maximum absolute atomic E-state index is 12.6. The van der Waals surface area contributed by atoms with E-state index < -0.39 is 0 Å². The number of hydrogen-bond donors (Lipinski definition) is 0. The highest BCUT2D eigenvalue weighted by Crippen LogP contribution is 2.20. The lowest BCUT2D eigenvalue weighted by Crippen LogP contribution is -2.39. The molecular formula is C21H25NO2S. The molecular weight excluding hydrogens is 330 g/mol. The zero-order valence-electron chi connectivity index (χ0n) is 14.7. The first kappa shape index (κ1) is 17.9. The second-order valence-corrected chi connectivity index (χ2v) is 7.70. The zero-order chi connectivity index (χ0) is 17.5. The Kier molecular flexibility index (Phi) is 6.40. The highest BCUT2D eigenvalue weighted by Gasteiger charge is 2.21. The van der Waals surface area contributed by atoms with Crippen molar-refractivity contribution in [1.82, 2.24) is 4.90 Å². The molecule has 1 aliphatic heterocycles. The van der Waals surface area contributed by atoms with Gasteiger partial charge in [0.2, 0.25) is 0 Å². The predicted octanol–water partition coefficient (Wildman–Crippen LogP) is 4.73. The smallest absolute Gasteiger partial charge is 0.253 e. The molecule has 0 aromatic heterocycles. The van der Waals surface area contributed by atoms with Crippen molar-refractivity contribution in [3.05, 3.63) is 60.2 Å². The van der Waals surface area contributed by atoms with E-state index in [1.165, 1.54) is 11.3 Å². The van der Waals surface area contributed by atoms with Gasteiger partial charge >= 0.3 is 0 Å². The second-order valence-electron chi connectivity index (χ2n) is 6.53. The van der Waals surface area contributed by atoms with Crippen LogP contribution in [0.2, 0.25) is 0 Å². The van der Waals surface area contributed by atoms with Crippen molar-refractivity contribution >= 4 is 17.7 Å². The molecule has 0 N–H and O–H groups in total. The third kappa shape index (κ3) is 5.27. The maximum atomic E-state index is 12.6. The fraction of sp³-hybridized carbons (Fsp3) is 0.381. The lowest BCUT2D eigenvalue weighted by atomic mass is 9.99. The monoisotopic (exact) mass is 355 g/mol. The molecule has 2 aromatic rings. The van der Waals surface area contributed by atoms with Crippen molar-refractivity contribution in [1.29, 1.82) is 0 Å². The fourth-order valence-electron chi connectivity index (χ4n) is 3.09. The normalized spacial score (nSPS) is 17.3. The lowest BCUT2D eigenvalue weighted by Gasteiger charge is -2.31. The Morgan fingerprint density at radius 1 is 1.16 bits per heavy atom. The second kappa shape index (κ2) is 8.95. The van der Waals surface area contributed by atoms with Crippen molar-refractivity contribution in [3.63, 3.8) is 0 Å². The summed E-state index contributed by atoms with van der Waals surface area (Å²) >= 11 is 1.78. The Balaban J connectivity index is 1.46. The number of hydrogen-bond acceptors (Lipinski definition) is 3. The Hall–Kier alpha value is -1.94. The van der Waals surface area contributed by atoms with E-state index in [2.05, 4.69) is 19.1 Å². The van der Waals surface area contributed by atoms with Crippen molar-refractivity contribution < 1.29 is 9.53 Å². The number of thioether (sulfide) groups is 1. The summed E-state index contributed by atoms with van der Waals surface area (Å²) in [7, 11) is 0. The van der Waals surface area contributed by atoms with Crippen LogP contribution in [0.15, 0.2) is 59.5 Å². The summed E-state index contributed by atoms with van der Waals surface area (Å²) in [5.41, 5.74) is 0.750. The molecule has 0 bridgehead atoms. The average molecular weight is 356 g/mol. The van der Waals surface area contributed by atoms with Crippen LogP contribution in [-0.2, 0) is 0 Å². The first-order valence-electron chi connectivity index (χ1n) is 8.92. The standard InChI is InChI=1S/C21H25NO2S/c1-17-6-5-13-22(16-17)21(23)18-9-11-19(12-10-18)24-14-15-25-20-7-3-2-4-8-20/h2-4,7-12,17H,5-6,13-16H2,1H3. The molecule has 1 fully saturated rings. The van der Waals surface area contributed by atoms with Gasteiger partial charge in [0.05, 0.1) is 6.61 Å². The van der Waals surface area contributed by atoms with Gasteiger partial charge < -0.3 is 9.64 Å². The van der Waals surface area contributed by atoms with Gasteiger partial charge in [-0.1, -0.05) is 25.1 Å². The summed E-state index contributed by atoms with van der Waals surface area (Å²) in [6.07, 6.45) is 2.32. The lowest BCUT2D eigenvalue weighted by molar-refractivity contribution is 0.0683. The number of carbonyl (C=O) groups is 1. The molecule has 132 valence electrons. The van der Waals surface area contributed by atoms with E-state index in [9.17, 15) is 4.79 Å². The quantitative estimate of drug-likeness (QED) is 0.554. The van der Waals surface area contributed by atoms with Crippen molar-refractivity contribution in [2.24, 2.45) is 5.92 Å². The Labute approximate surface area is 154 Å². The van der Waals surface area contributed by atoms with Crippen LogP contribution in [0.5, 0.6) is 5.75 Å². The average Bonchev–Trinajstić information content (AvgIpc) is 2.66. The van der Waals surface area contributed by atoms with Crippen LogP contribution < -0.4 is 4.74 Å². The molecule has 3 nitrogen and oxygen atoms in total.